The lowest BCUT2D eigenvalue weighted by Gasteiger charge is -2.24. The Hall–Kier alpha value is -2.82. The second-order valence-electron chi connectivity index (χ2n) is 6.10. The van der Waals surface area contributed by atoms with Gasteiger partial charge in [-0.1, -0.05) is 36.4 Å². The fourth-order valence-corrected chi connectivity index (χ4v) is 2.92. The van der Waals surface area contributed by atoms with E-state index in [0.29, 0.717) is 32.4 Å². The van der Waals surface area contributed by atoms with E-state index in [1.165, 1.54) is 0 Å². The van der Waals surface area contributed by atoms with Crippen molar-refractivity contribution in [3.05, 3.63) is 60.2 Å². The van der Waals surface area contributed by atoms with Gasteiger partial charge in [0.1, 0.15) is 12.4 Å². The maximum atomic E-state index is 12.1. The molecule has 0 saturated heterocycles. The Morgan fingerprint density at radius 2 is 1.88 bits per heavy atom. The molecule has 2 aromatic rings. The largest absolute Gasteiger partial charge is 0.492 e. The number of carbonyl (C=O) groups excluding carboxylic acids is 2. The molecule has 0 fully saturated rings. The van der Waals surface area contributed by atoms with Crippen molar-refractivity contribution in [2.75, 3.05) is 18.5 Å². The van der Waals surface area contributed by atoms with E-state index >= 15 is 0 Å². The Morgan fingerprint density at radius 3 is 2.72 bits per heavy atom. The Labute approximate surface area is 147 Å². The van der Waals surface area contributed by atoms with Gasteiger partial charge in [0.2, 0.25) is 11.8 Å². The molecule has 1 atom stereocenters. The first-order valence-corrected chi connectivity index (χ1v) is 8.55. The van der Waals surface area contributed by atoms with Crippen LogP contribution >= 0.6 is 0 Å². The monoisotopic (exact) mass is 338 g/mol. The summed E-state index contributed by atoms with van der Waals surface area (Å²) in [5.74, 6) is 0.581. The van der Waals surface area contributed by atoms with Gasteiger partial charge >= 0.3 is 0 Å². The van der Waals surface area contributed by atoms with E-state index in [0.717, 1.165) is 17.0 Å². The van der Waals surface area contributed by atoms with Crippen molar-refractivity contribution in [1.29, 1.82) is 0 Å². The lowest BCUT2D eigenvalue weighted by molar-refractivity contribution is -0.122. The maximum absolute atomic E-state index is 12.1. The highest BCUT2D eigenvalue weighted by atomic mass is 16.5. The number of hydrogen-bond donors (Lipinski definition) is 2. The van der Waals surface area contributed by atoms with Crippen LogP contribution in [0.2, 0.25) is 0 Å². The summed E-state index contributed by atoms with van der Waals surface area (Å²) in [6.07, 6.45) is 1.57. The third kappa shape index (κ3) is 4.83. The van der Waals surface area contributed by atoms with Crippen molar-refractivity contribution in [2.24, 2.45) is 5.92 Å². The molecule has 5 heteroatoms. The summed E-state index contributed by atoms with van der Waals surface area (Å²) in [5, 5.41) is 5.74. The van der Waals surface area contributed by atoms with E-state index in [4.69, 9.17) is 4.74 Å². The molecule has 0 aliphatic carbocycles. The number of anilines is 1. The normalized spacial score (nSPS) is 15.8. The summed E-state index contributed by atoms with van der Waals surface area (Å²) < 4.78 is 5.53. The van der Waals surface area contributed by atoms with Crippen molar-refractivity contribution < 1.29 is 14.3 Å². The van der Waals surface area contributed by atoms with Crippen LogP contribution in [0.4, 0.5) is 5.69 Å². The van der Waals surface area contributed by atoms with E-state index in [-0.39, 0.29) is 17.7 Å². The van der Waals surface area contributed by atoms with Crippen molar-refractivity contribution in [3.63, 3.8) is 0 Å². The molecule has 2 amide bonds. The average molecular weight is 338 g/mol. The van der Waals surface area contributed by atoms with Crippen LogP contribution in [0.1, 0.15) is 18.4 Å². The summed E-state index contributed by atoms with van der Waals surface area (Å²) in [5.41, 5.74) is 2.01. The Morgan fingerprint density at radius 1 is 1.12 bits per heavy atom. The van der Waals surface area contributed by atoms with Gasteiger partial charge in [0.05, 0.1) is 6.54 Å². The van der Waals surface area contributed by atoms with Gasteiger partial charge in [0.15, 0.2) is 0 Å². The van der Waals surface area contributed by atoms with E-state index in [9.17, 15) is 9.59 Å². The van der Waals surface area contributed by atoms with Crippen LogP contribution in [0.15, 0.2) is 54.6 Å². The first kappa shape index (κ1) is 17.0. The highest BCUT2D eigenvalue weighted by Gasteiger charge is 2.26. The van der Waals surface area contributed by atoms with Gasteiger partial charge in [-0.2, -0.15) is 0 Å². The molecule has 1 unspecified atom stereocenters. The highest BCUT2D eigenvalue weighted by molar-refractivity contribution is 5.96. The van der Waals surface area contributed by atoms with E-state index in [2.05, 4.69) is 10.6 Å². The zero-order valence-corrected chi connectivity index (χ0v) is 14.0. The van der Waals surface area contributed by atoms with Gasteiger partial charge in [-0.05, 0) is 36.6 Å². The van der Waals surface area contributed by atoms with Gasteiger partial charge in [-0.25, -0.2) is 0 Å². The number of nitrogens with one attached hydrogen (secondary N) is 2. The molecule has 3 rings (SSSR count). The molecular weight excluding hydrogens is 316 g/mol. The molecule has 0 spiro atoms. The molecule has 5 nitrogen and oxygen atoms in total. The molecule has 25 heavy (non-hydrogen) atoms. The molecule has 2 aromatic carbocycles. The minimum Gasteiger partial charge on any atom is -0.492 e. The van der Waals surface area contributed by atoms with Crippen LogP contribution in [0.3, 0.4) is 0 Å². The standard InChI is InChI=1S/C20H22N2O3/c23-19(21-12-13-25-17-7-2-1-3-8-17)11-10-16-14-15-6-4-5-9-18(15)22-20(16)24/h1-9,16H,10-14H2,(H,21,23)(H,22,24). The third-order valence-electron chi connectivity index (χ3n) is 4.27. The Kier molecular flexibility index (Phi) is 5.67. The third-order valence-corrected chi connectivity index (χ3v) is 4.27. The van der Waals surface area contributed by atoms with Crippen LogP contribution in [-0.2, 0) is 16.0 Å². The smallest absolute Gasteiger partial charge is 0.227 e. The summed E-state index contributed by atoms with van der Waals surface area (Å²) >= 11 is 0. The topological polar surface area (TPSA) is 67.4 Å². The fraction of sp³-hybridized carbons (Fsp3) is 0.300. The first-order chi connectivity index (χ1) is 12.2. The number of hydrogen-bond acceptors (Lipinski definition) is 3. The van der Waals surface area contributed by atoms with Crippen LogP contribution in [-0.4, -0.2) is 25.0 Å². The van der Waals surface area contributed by atoms with E-state index in [1.54, 1.807) is 0 Å². The minimum absolute atomic E-state index is 0.00101. The molecule has 0 bridgehead atoms. The number of rotatable bonds is 7. The molecule has 1 heterocycles. The molecule has 0 radical (unpaired) electrons. The molecule has 0 aromatic heterocycles. The Bertz CT molecular complexity index is 731. The Balaban J connectivity index is 1.37. The summed E-state index contributed by atoms with van der Waals surface area (Å²) in [4.78, 5) is 24.1. The number of para-hydroxylation sites is 2. The number of ether oxygens (including phenoxy) is 1. The van der Waals surface area contributed by atoms with Crippen LogP contribution in [0, 0.1) is 5.92 Å². The number of fused-ring (bicyclic) bond motifs is 1. The van der Waals surface area contributed by atoms with Crippen molar-refractivity contribution in [3.8, 4) is 5.75 Å². The quantitative estimate of drug-likeness (QED) is 0.763. The molecular formula is C20H22N2O3. The van der Waals surface area contributed by atoms with Crippen molar-refractivity contribution in [1.82, 2.24) is 5.32 Å². The van der Waals surface area contributed by atoms with Gasteiger partial charge in [-0.15, -0.1) is 0 Å². The second kappa shape index (κ2) is 8.33. The number of carbonyl (C=O) groups is 2. The summed E-state index contributed by atoms with van der Waals surface area (Å²) in [6, 6.07) is 17.3. The predicted molar refractivity (Wildman–Crippen MR) is 96.4 cm³/mol. The molecule has 2 N–H and O–H groups in total. The van der Waals surface area contributed by atoms with Crippen LogP contribution in [0.5, 0.6) is 5.75 Å². The first-order valence-electron chi connectivity index (χ1n) is 8.55. The lowest BCUT2D eigenvalue weighted by Crippen LogP contribution is -2.32. The second-order valence-corrected chi connectivity index (χ2v) is 6.10. The van der Waals surface area contributed by atoms with Crippen LogP contribution in [0.25, 0.3) is 0 Å². The van der Waals surface area contributed by atoms with Crippen molar-refractivity contribution >= 4 is 17.5 Å². The zero-order valence-electron chi connectivity index (χ0n) is 14.0. The lowest BCUT2D eigenvalue weighted by atomic mass is 9.89. The van der Waals surface area contributed by atoms with Gasteiger partial charge in [0.25, 0.3) is 0 Å². The predicted octanol–water partition coefficient (Wildman–Crippen LogP) is 2.77. The van der Waals surface area contributed by atoms with Gasteiger partial charge in [-0.3, -0.25) is 9.59 Å². The molecule has 1 aliphatic heterocycles. The van der Waals surface area contributed by atoms with Crippen molar-refractivity contribution in [2.45, 2.75) is 19.3 Å². The van der Waals surface area contributed by atoms with Crippen LogP contribution < -0.4 is 15.4 Å². The average Bonchev–Trinajstić information content (AvgIpc) is 2.64. The summed E-state index contributed by atoms with van der Waals surface area (Å²) in [6.45, 7) is 0.875. The highest BCUT2D eigenvalue weighted by Crippen LogP contribution is 2.27. The van der Waals surface area contributed by atoms with E-state index < -0.39 is 0 Å². The molecule has 0 saturated carbocycles. The van der Waals surface area contributed by atoms with Gasteiger partial charge in [0, 0.05) is 18.0 Å². The number of benzene rings is 2. The van der Waals surface area contributed by atoms with E-state index in [1.807, 2.05) is 54.6 Å². The summed E-state index contributed by atoms with van der Waals surface area (Å²) in [7, 11) is 0. The minimum atomic E-state index is -0.152. The number of amides is 2. The molecule has 1 aliphatic rings. The molecule has 130 valence electrons. The fourth-order valence-electron chi connectivity index (χ4n) is 2.92. The maximum Gasteiger partial charge on any atom is 0.227 e. The SMILES string of the molecule is O=C(CCC1Cc2ccccc2NC1=O)NCCOc1ccccc1. The zero-order chi connectivity index (χ0) is 17.5. The van der Waals surface area contributed by atoms with Gasteiger partial charge < -0.3 is 15.4 Å².